The van der Waals surface area contributed by atoms with Crippen molar-refractivity contribution in [1.82, 2.24) is 19.8 Å². The number of fused-ring (bicyclic) bond motifs is 1. The summed E-state index contributed by atoms with van der Waals surface area (Å²) in [7, 11) is 1.49. The number of pyridine rings is 1. The molecule has 0 saturated carbocycles. The fourth-order valence-corrected chi connectivity index (χ4v) is 5.78. The maximum atomic E-state index is 13.8. The summed E-state index contributed by atoms with van der Waals surface area (Å²) in [6.45, 7) is 8.18. The number of likely N-dealkylation sites (tertiary alicyclic amines) is 1. The lowest BCUT2D eigenvalue weighted by Crippen LogP contribution is -2.50. The first-order valence-electron chi connectivity index (χ1n) is 14.6. The lowest BCUT2D eigenvalue weighted by atomic mass is 10.0. The van der Waals surface area contributed by atoms with Crippen molar-refractivity contribution >= 4 is 34.1 Å². The van der Waals surface area contributed by atoms with Gasteiger partial charge in [-0.3, -0.25) is 9.69 Å². The first-order valence-corrected chi connectivity index (χ1v) is 14.6. The number of aromatic amines is 1. The molecular weight excluding hydrogens is 565 g/mol. The Labute approximate surface area is 248 Å². The second-order valence-corrected chi connectivity index (χ2v) is 11.4. The number of methoxy groups -OCH3 is 1. The average molecular weight is 605 g/mol. The van der Waals surface area contributed by atoms with Crippen LogP contribution in [0.3, 0.4) is 0 Å². The van der Waals surface area contributed by atoms with E-state index in [1.165, 1.54) is 13.2 Å². The predicted molar refractivity (Wildman–Crippen MR) is 158 cm³/mol. The number of piperidine rings is 1. The molecule has 2 fully saturated rings. The van der Waals surface area contributed by atoms with Gasteiger partial charge in [-0.05, 0) is 37.0 Å². The van der Waals surface area contributed by atoms with E-state index in [1.54, 1.807) is 18.2 Å². The normalized spacial score (nSPS) is 17.8. The number of hydrogen-bond donors (Lipinski definition) is 4. The van der Waals surface area contributed by atoms with E-state index < -0.39 is 17.8 Å². The maximum Gasteiger partial charge on any atom is 0.418 e. The minimum absolute atomic E-state index is 0.0338. The second-order valence-electron chi connectivity index (χ2n) is 11.4. The van der Waals surface area contributed by atoms with Gasteiger partial charge in [-0.2, -0.15) is 13.2 Å². The van der Waals surface area contributed by atoms with Gasteiger partial charge in [0.1, 0.15) is 17.2 Å². The largest absolute Gasteiger partial charge is 0.495 e. The third-order valence-corrected chi connectivity index (χ3v) is 8.31. The van der Waals surface area contributed by atoms with Gasteiger partial charge in [0.05, 0.1) is 49.6 Å². The third-order valence-electron chi connectivity index (χ3n) is 8.31. The van der Waals surface area contributed by atoms with E-state index in [0.29, 0.717) is 36.1 Å². The number of alkyl halides is 3. The fraction of sp³-hybridized carbons (Fsp3) is 0.533. The van der Waals surface area contributed by atoms with Gasteiger partial charge in [0, 0.05) is 55.7 Å². The number of nitrogens with one attached hydrogen (secondary N) is 3. The number of aliphatic hydroxyl groups excluding tert-OH is 1. The van der Waals surface area contributed by atoms with E-state index in [2.05, 4.69) is 25.5 Å². The molecule has 4 heterocycles. The van der Waals surface area contributed by atoms with Crippen molar-refractivity contribution in [2.45, 2.75) is 44.9 Å². The van der Waals surface area contributed by atoms with Gasteiger partial charge < -0.3 is 35.1 Å². The molecular formula is C30H39F3N6O4. The average Bonchev–Trinajstić information content (AvgIpc) is 3.45. The number of anilines is 3. The number of H-pyrrole nitrogens is 1. The summed E-state index contributed by atoms with van der Waals surface area (Å²) in [6, 6.07) is 6.52. The smallest absolute Gasteiger partial charge is 0.418 e. The first kappa shape index (κ1) is 30.9. The Hall–Kier alpha value is -3.55. The molecule has 43 heavy (non-hydrogen) atoms. The molecule has 0 bridgehead atoms. The Morgan fingerprint density at radius 3 is 2.51 bits per heavy atom. The highest BCUT2D eigenvalue weighted by molar-refractivity contribution is 5.97. The molecule has 5 rings (SSSR count). The molecule has 4 N–H and O–H groups in total. The van der Waals surface area contributed by atoms with Crippen molar-refractivity contribution < 1.29 is 32.5 Å². The van der Waals surface area contributed by atoms with Crippen LogP contribution in [0.2, 0.25) is 0 Å². The number of benzene rings is 1. The minimum atomic E-state index is -4.60. The van der Waals surface area contributed by atoms with Crippen molar-refractivity contribution in [3.05, 3.63) is 41.6 Å². The molecule has 13 heteroatoms. The number of nitrogens with zero attached hydrogens (tertiary/aromatic N) is 3. The summed E-state index contributed by atoms with van der Waals surface area (Å²) in [6.07, 6.45) is -1.88. The second kappa shape index (κ2) is 13.0. The molecule has 2 aromatic heterocycles. The van der Waals surface area contributed by atoms with Gasteiger partial charge in [0.25, 0.3) is 5.91 Å². The van der Waals surface area contributed by atoms with Crippen LogP contribution in [0.15, 0.2) is 30.5 Å². The van der Waals surface area contributed by atoms with Crippen LogP contribution in [0, 0.1) is 5.92 Å². The Balaban J connectivity index is 1.36. The van der Waals surface area contributed by atoms with Crippen LogP contribution >= 0.6 is 0 Å². The summed E-state index contributed by atoms with van der Waals surface area (Å²) in [5.41, 5.74) is 0.346. The third kappa shape index (κ3) is 6.84. The van der Waals surface area contributed by atoms with E-state index in [9.17, 15) is 23.1 Å². The van der Waals surface area contributed by atoms with Gasteiger partial charge in [-0.1, -0.05) is 13.8 Å². The Bertz CT molecular complexity index is 1410. The number of carbonyl (C=O) groups excluding carboxylic acids is 1. The van der Waals surface area contributed by atoms with Gasteiger partial charge in [0.15, 0.2) is 0 Å². The number of hydrogen-bond acceptors (Lipinski definition) is 8. The van der Waals surface area contributed by atoms with Crippen LogP contribution in [0.5, 0.6) is 5.75 Å². The van der Waals surface area contributed by atoms with E-state index in [4.69, 9.17) is 9.47 Å². The van der Waals surface area contributed by atoms with Crippen molar-refractivity contribution in [1.29, 1.82) is 0 Å². The van der Waals surface area contributed by atoms with Crippen LogP contribution in [-0.4, -0.2) is 96.0 Å². The molecule has 1 atom stereocenters. The molecule has 3 aromatic rings. The monoisotopic (exact) mass is 604 g/mol. The summed E-state index contributed by atoms with van der Waals surface area (Å²) in [5, 5.41) is 15.9. The van der Waals surface area contributed by atoms with Crippen LogP contribution in [0.4, 0.5) is 30.4 Å². The zero-order valence-corrected chi connectivity index (χ0v) is 24.6. The predicted octanol–water partition coefficient (Wildman–Crippen LogP) is 4.70. The van der Waals surface area contributed by atoms with Crippen LogP contribution in [0.25, 0.3) is 11.0 Å². The van der Waals surface area contributed by atoms with E-state index in [1.807, 2.05) is 18.7 Å². The molecule has 2 aliphatic heterocycles. The summed E-state index contributed by atoms with van der Waals surface area (Å²) < 4.78 is 52.5. The number of carbonyl (C=O) groups is 1. The summed E-state index contributed by atoms with van der Waals surface area (Å²) in [5.74, 6) is 0.524. The molecule has 0 spiro atoms. The highest BCUT2D eigenvalue weighted by Crippen LogP contribution is 2.40. The molecule has 1 aromatic carbocycles. The van der Waals surface area contributed by atoms with E-state index in [0.717, 1.165) is 45.3 Å². The standard InChI is InChI=1S/C30H39F3N6O4/c1-18(2)24(17-40)35-23-15-26(37-28-27(23)21(16-34-28)30(31,32)33)36-22-5-4-19(14-25(22)42-3)29(41)39-8-6-20(7-9-39)38-10-12-43-13-11-38/h4-5,14-16,18,20,24,40H,6-13,17H2,1-3H3,(H3,34,35,36,37)/t24-/m0/s1. The maximum absolute atomic E-state index is 13.8. The zero-order valence-electron chi connectivity index (χ0n) is 24.6. The van der Waals surface area contributed by atoms with Crippen LogP contribution in [-0.2, 0) is 10.9 Å². The topological polar surface area (TPSA) is 115 Å². The number of amides is 1. The first-order chi connectivity index (χ1) is 20.6. The van der Waals surface area contributed by atoms with Crippen molar-refractivity contribution in [2.24, 2.45) is 5.92 Å². The van der Waals surface area contributed by atoms with Gasteiger partial charge >= 0.3 is 6.18 Å². The molecule has 2 aliphatic rings. The SMILES string of the molecule is COc1cc(C(=O)N2CCC(N3CCOCC3)CC2)ccc1Nc1cc(N[C@@H](CO)C(C)C)c2c(C(F)(F)F)c[nH]c2n1. The van der Waals surface area contributed by atoms with Crippen molar-refractivity contribution in [3.63, 3.8) is 0 Å². The van der Waals surface area contributed by atoms with E-state index >= 15 is 0 Å². The molecule has 0 radical (unpaired) electrons. The zero-order chi connectivity index (χ0) is 30.7. The minimum Gasteiger partial charge on any atom is -0.495 e. The Morgan fingerprint density at radius 2 is 1.88 bits per heavy atom. The molecule has 234 valence electrons. The Kier molecular flexibility index (Phi) is 9.33. The number of halogens is 3. The molecule has 2 saturated heterocycles. The molecule has 0 unspecified atom stereocenters. The fourth-order valence-electron chi connectivity index (χ4n) is 5.78. The van der Waals surface area contributed by atoms with Gasteiger partial charge in [-0.25, -0.2) is 4.98 Å². The van der Waals surface area contributed by atoms with Gasteiger partial charge in [0.2, 0.25) is 0 Å². The molecule has 0 aliphatic carbocycles. The lowest BCUT2D eigenvalue weighted by Gasteiger charge is -2.40. The Morgan fingerprint density at radius 1 is 1.16 bits per heavy atom. The molecule has 1 amide bonds. The quantitative estimate of drug-likeness (QED) is 0.278. The lowest BCUT2D eigenvalue weighted by molar-refractivity contribution is -0.136. The molecule has 10 nitrogen and oxygen atoms in total. The highest BCUT2D eigenvalue weighted by Gasteiger charge is 2.36. The van der Waals surface area contributed by atoms with Crippen molar-refractivity contribution in [3.8, 4) is 5.75 Å². The number of rotatable bonds is 9. The number of aromatic nitrogens is 2. The number of morpholine rings is 1. The van der Waals surface area contributed by atoms with Crippen molar-refractivity contribution in [2.75, 3.05) is 63.7 Å². The summed E-state index contributed by atoms with van der Waals surface area (Å²) in [4.78, 5) is 24.7. The van der Waals surface area contributed by atoms with E-state index in [-0.39, 0.29) is 41.0 Å². The van der Waals surface area contributed by atoms with Crippen LogP contribution < -0.4 is 15.4 Å². The van der Waals surface area contributed by atoms with Gasteiger partial charge in [-0.15, -0.1) is 0 Å². The number of aliphatic hydroxyl groups is 1. The number of ether oxygens (including phenoxy) is 2. The summed E-state index contributed by atoms with van der Waals surface area (Å²) >= 11 is 0. The highest BCUT2D eigenvalue weighted by atomic mass is 19.4. The van der Waals surface area contributed by atoms with Crippen LogP contribution in [0.1, 0.15) is 42.6 Å².